The Morgan fingerprint density at radius 2 is 1.96 bits per heavy atom. The molecule has 4 atom stereocenters. The van der Waals surface area contributed by atoms with E-state index in [1.54, 1.807) is 32.5 Å². The van der Waals surface area contributed by atoms with Crippen LogP contribution in [0, 0.1) is 11.8 Å². The lowest BCUT2D eigenvalue weighted by molar-refractivity contribution is -0.0209. The summed E-state index contributed by atoms with van der Waals surface area (Å²) in [6, 6.07) is 3.98. The predicted octanol–water partition coefficient (Wildman–Crippen LogP) is 1.52. The van der Waals surface area contributed by atoms with E-state index in [2.05, 4.69) is 24.0 Å². The Labute approximate surface area is 143 Å². The molecule has 1 aliphatic carbocycles. The molecule has 0 bridgehead atoms. The minimum absolute atomic E-state index is 0.0183. The molecule has 1 aliphatic heterocycles. The summed E-state index contributed by atoms with van der Waals surface area (Å²) < 4.78 is 11.0. The summed E-state index contributed by atoms with van der Waals surface area (Å²) in [5.41, 5.74) is 0.547. The van der Waals surface area contributed by atoms with Crippen LogP contribution in [-0.4, -0.2) is 74.2 Å². The van der Waals surface area contributed by atoms with Gasteiger partial charge in [0, 0.05) is 32.4 Å². The van der Waals surface area contributed by atoms with Crippen molar-refractivity contribution in [2.45, 2.75) is 25.0 Å². The molecular formula is C18H27N3O3. The maximum atomic E-state index is 12.9. The average Bonchev–Trinajstić information content (AvgIpc) is 3.02. The van der Waals surface area contributed by atoms with E-state index in [1.807, 2.05) is 4.90 Å². The van der Waals surface area contributed by atoms with Gasteiger partial charge in [0.15, 0.2) is 0 Å². The van der Waals surface area contributed by atoms with Crippen LogP contribution in [-0.2, 0) is 4.74 Å². The van der Waals surface area contributed by atoms with Crippen LogP contribution in [0.1, 0.15) is 23.2 Å². The molecule has 0 spiro atoms. The molecule has 24 heavy (non-hydrogen) atoms. The Morgan fingerprint density at radius 1 is 1.25 bits per heavy atom. The zero-order valence-corrected chi connectivity index (χ0v) is 14.9. The summed E-state index contributed by atoms with van der Waals surface area (Å²) in [5, 5.41) is 0. The van der Waals surface area contributed by atoms with Crippen LogP contribution >= 0.6 is 0 Å². The van der Waals surface area contributed by atoms with Crippen LogP contribution in [0.25, 0.3) is 0 Å². The monoisotopic (exact) mass is 333 g/mol. The van der Waals surface area contributed by atoms with E-state index in [4.69, 9.17) is 9.47 Å². The van der Waals surface area contributed by atoms with Crippen molar-refractivity contribution in [1.29, 1.82) is 0 Å². The highest BCUT2D eigenvalue weighted by Crippen LogP contribution is 2.39. The molecule has 3 rings (SSSR count). The van der Waals surface area contributed by atoms with E-state index in [-0.39, 0.29) is 12.0 Å². The Bertz CT molecular complexity index is 593. The lowest BCUT2D eigenvalue weighted by Gasteiger charge is -2.40. The third-order valence-corrected chi connectivity index (χ3v) is 5.53. The number of hydrogen-bond acceptors (Lipinski definition) is 5. The minimum Gasteiger partial charge on any atom is -0.480 e. The van der Waals surface area contributed by atoms with Crippen molar-refractivity contribution < 1.29 is 14.3 Å². The first-order valence-electron chi connectivity index (χ1n) is 8.52. The van der Waals surface area contributed by atoms with Crippen molar-refractivity contribution in [3.63, 3.8) is 0 Å². The predicted molar refractivity (Wildman–Crippen MR) is 91.2 cm³/mol. The average molecular weight is 333 g/mol. The van der Waals surface area contributed by atoms with Gasteiger partial charge in [-0.15, -0.1) is 0 Å². The standard InChI is InChI=1S/C18H27N3O3/c1-20(2)15-8-12-10-21(11-13(12)9-16(15)23-3)18(22)14-6-5-7-19-17(14)24-4/h5-7,12-13,15-16H,8-11H2,1-4H3/t12-,13+,15-,16-/m1/s1. The highest BCUT2D eigenvalue weighted by Gasteiger charge is 2.44. The Kier molecular flexibility index (Phi) is 5.06. The van der Waals surface area contributed by atoms with E-state index in [0.717, 1.165) is 25.9 Å². The lowest BCUT2D eigenvalue weighted by Crippen LogP contribution is -2.47. The third-order valence-electron chi connectivity index (χ3n) is 5.53. The summed E-state index contributed by atoms with van der Waals surface area (Å²) in [6.45, 7) is 1.60. The molecule has 0 radical (unpaired) electrons. The molecule has 0 aromatic carbocycles. The fourth-order valence-electron chi connectivity index (χ4n) is 4.24. The van der Waals surface area contributed by atoms with Crippen molar-refractivity contribution in [2.75, 3.05) is 41.4 Å². The van der Waals surface area contributed by atoms with Gasteiger partial charge in [-0.1, -0.05) is 0 Å². The Morgan fingerprint density at radius 3 is 2.58 bits per heavy atom. The van der Waals surface area contributed by atoms with Gasteiger partial charge in [0.25, 0.3) is 5.91 Å². The first-order valence-corrected chi connectivity index (χ1v) is 8.52. The number of methoxy groups -OCH3 is 2. The molecule has 1 saturated heterocycles. The van der Waals surface area contributed by atoms with Gasteiger partial charge in [0.1, 0.15) is 5.56 Å². The van der Waals surface area contributed by atoms with E-state index in [1.165, 1.54) is 0 Å². The van der Waals surface area contributed by atoms with Crippen LogP contribution in [0.3, 0.4) is 0 Å². The van der Waals surface area contributed by atoms with Gasteiger partial charge in [0.05, 0.1) is 13.2 Å². The fourth-order valence-corrected chi connectivity index (χ4v) is 4.24. The molecule has 1 saturated carbocycles. The number of fused-ring (bicyclic) bond motifs is 1. The Hall–Kier alpha value is -1.66. The second-order valence-corrected chi connectivity index (χ2v) is 7.07. The van der Waals surface area contributed by atoms with Gasteiger partial charge >= 0.3 is 0 Å². The Balaban J connectivity index is 1.74. The summed E-state index contributed by atoms with van der Waals surface area (Å²) in [5.74, 6) is 1.47. The molecule has 132 valence electrons. The fraction of sp³-hybridized carbons (Fsp3) is 0.667. The third kappa shape index (κ3) is 3.13. The minimum atomic E-state index is 0.0183. The second-order valence-electron chi connectivity index (χ2n) is 7.07. The molecule has 2 fully saturated rings. The van der Waals surface area contributed by atoms with Crippen LogP contribution in [0.2, 0.25) is 0 Å². The van der Waals surface area contributed by atoms with Crippen LogP contribution in [0.15, 0.2) is 18.3 Å². The zero-order chi connectivity index (χ0) is 17.3. The largest absolute Gasteiger partial charge is 0.480 e. The highest BCUT2D eigenvalue weighted by atomic mass is 16.5. The summed E-state index contributed by atoms with van der Waals surface area (Å²) >= 11 is 0. The smallest absolute Gasteiger partial charge is 0.259 e. The number of likely N-dealkylation sites (tertiary alicyclic amines) is 1. The number of ether oxygens (including phenoxy) is 2. The number of carbonyl (C=O) groups excluding carboxylic acids is 1. The molecule has 2 aliphatic rings. The molecule has 1 amide bonds. The van der Waals surface area contributed by atoms with E-state index < -0.39 is 0 Å². The van der Waals surface area contributed by atoms with Crippen LogP contribution in [0.5, 0.6) is 5.88 Å². The molecule has 1 aromatic rings. The normalized spacial score (nSPS) is 29.6. The number of pyridine rings is 1. The van der Waals surface area contributed by atoms with Crippen LogP contribution in [0.4, 0.5) is 0 Å². The maximum absolute atomic E-state index is 12.9. The topological polar surface area (TPSA) is 54.9 Å². The summed E-state index contributed by atoms with van der Waals surface area (Å²) in [4.78, 5) is 21.3. The number of amides is 1. The van der Waals surface area contributed by atoms with Gasteiger partial charge in [-0.2, -0.15) is 0 Å². The highest BCUT2D eigenvalue weighted by molar-refractivity contribution is 5.96. The van der Waals surface area contributed by atoms with Crippen molar-refractivity contribution in [3.8, 4) is 5.88 Å². The van der Waals surface area contributed by atoms with Crippen molar-refractivity contribution >= 4 is 5.91 Å². The first kappa shape index (κ1) is 17.2. The zero-order valence-electron chi connectivity index (χ0n) is 14.9. The SMILES string of the molecule is COc1ncccc1C(=O)N1C[C@H]2C[C@@H](N(C)C)[C@H](OC)C[C@H]2C1. The number of likely N-dealkylation sites (N-methyl/N-ethyl adjacent to an activating group) is 1. The number of rotatable bonds is 4. The van der Waals surface area contributed by atoms with E-state index in [9.17, 15) is 4.79 Å². The van der Waals surface area contributed by atoms with Crippen LogP contribution < -0.4 is 4.74 Å². The molecule has 6 heteroatoms. The number of nitrogens with zero attached hydrogens (tertiary/aromatic N) is 3. The second kappa shape index (κ2) is 7.07. The summed E-state index contributed by atoms with van der Waals surface area (Å²) in [6.07, 6.45) is 3.97. The number of carbonyl (C=O) groups is 1. The van der Waals surface area contributed by atoms with E-state index >= 15 is 0 Å². The van der Waals surface area contributed by atoms with E-state index in [0.29, 0.717) is 29.3 Å². The van der Waals surface area contributed by atoms with Gasteiger partial charge in [-0.05, 0) is 50.9 Å². The van der Waals surface area contributed by atoms with Gasteiger partial charge < -0.3 is 19.3 Å². The van der Waals surface area contributed by atoms with Gasteiger partial charge in [0.2, 0.25) is 5.88 Å². The molecule has 2 heterocycles. The molecule has 6 nitrogen and oxygen atoms in total. The van der Waals surface area contributed by atoms with Crippen molar-refractivity contribution in [2.24, 2.45) is 11.8 Å². The van der Waals surface area contributed by atoms with Gasteiger partial charge in [-0.3, -0.25) is 4.79 Å². The quantitative estimate of drug-likeness (QED) is 0.836. The molecule has 0 N–H and O–H groups in total. The number of hydrogen-bond donors (Lipinski definition) is 0. The molecule has 0 unspecified atom stereocenters. The number of aromatic nitrogens is 1. The molecular weight excluding hydrogens is 306 g/mol. The molecule has 1 aromatic heterocycles. The van der Waals surface area contributed by atoms with Gasteiger partial charge in [-0.25, -0.2) is 4.98 Å². The van der Waals surface area contributed by atoms with Crippen molar-refractivity contribution in [3.05, 3.63) is 23.9 Å². The lowest BCUT2D eigenvalue weighted by atomic mass is 9.77. The maximum Gasteiger partial charge on any atom is 0.259 e. The summed E-state index contributed by atoms with van der Waals surface area (Å²) in [7, 11) is 7.55. The first-order chi connectivity index (χ1) is 11.5. The van der Waals surface area contributed by atoms with Crippen molar-refractivity contribution in [1.82, 2.24) is 14.8 Å².